The van der Waals surface area contributed by atoms with Gasteiger partial charge in [0.25, 0.3) is 5.56 Å². The van der Waals surface area contributed by atoms with Gasteiger partial charge in [-0.1, -0.05) is 17.7 Å². The highest BCUT2D eigenvalue weighted by molar-refractivity contribution is 6.30. The molecule has 0 atom stereocenters. The van der Waals surface area contributed by atoms with E-state index < -0.39 is 5.97 Å². The molecule has 1 aromatic carbocycles. The molecule has 0 aliphatic carbocycles. The minimum Gasteiger partial charge on any atom is -0.482 e. The minimum atomic E-state index is -0.551. The van der Waals surface area contributed by atoms with Crippen LogP contribution >= 0.6 is 11.6 Å². The van der Waals surface area contributed by atoms with E-state index in [1.165, 1.54) is 10.5 Å². The van der Waals surface area contributed by atoms with Crippen molar-refractivity contribution in [3.8, 4) is 5.75 Å². The number of fused-ring (bicyclic) bond motifs is 1. The van der Waals surface area contributed by atoms with Gasteiger partial charge >= 0.3 is 5.97 Å². The van der Waals surface area contributed by atoms with Crippen molar-refractivity contribution < 1.29 is 14.3 Å². The lowest BCUT2D eigenvalue weighted by Gasteiger charge is -2.09. The Balaban J connectivity index is 1.61. The lowest BCUT2D eigenvalue weighted by molar-refractivity contribution is -0.147. The van der Waals surface area contributed by atoms with Gasteiger partial charge in [0.15, 0.2) is 6.61 Å². The highest BCUT2D eigenvalue weighted by Gasteiger charge is 2.09. The van der Waals surface area contributed by atoms with E-state index in [-0.39, 0.29) is 18.8 Å². The fourth-order valence-corrected chi connectivity index (χ4v) is 2.67. The molecule has 2 aromatic heterocycles. The van der Waals surface area contributed by atoms with Crippen LogP contribution in [0.4, 0.5) is 0 Å². The molecule has 3 aromatic rings. The lowest BCUT2D eigenvalue weighted by atomic mass is 10.2. The van der Waals surface area contributed by atoms with E-state index in [4.69, 9.17) is 21.1 Å². The van der Waals surface area contributed by atoms with Crippen LogP contribution in [0.2, 0.25) is 5.02 Å². The molecular weight excluding hydrogens is 356 g/mol. The number of rotatable bonds is 5. The molecule has 0 saturated carbocycles. The smallest absolute Gasteiger partial charge is 0.344 e. The fraction of sp³-hybridized carbons (Fsp3) is 0.211. The van der Waals surface area contributed by atoms with Crippen LogP contribution in [-0.4, -0.2) is 22.0 Å². The summed E-state index contributed by atoms with van der Waals surface area (Å²) in [5.41, 5.74) is 2.44. The maximum absolute atomic E-state index is 12.1. The Morgan fingerprint density at radius 3 is 2.77 bits per heavy atom. The number of ether oxygens (including phenoxy) is 2. The fourth-order valence-electron chi connectivity index (χ4n) is 2.44. The van der Waals surface area contributed by atoms with Crippen LogP contribution in [0.15, 0.2) is 47.4 Å². The molecule has 0 unspecified atom stereocenters. The summed E-state index contributed by atoms with van der Waals surface area (Å²) < 4.78 is 12.0. The summed E-state index contributed by atoms with van der Waals surface area (Å²) in [7, 11) is 0. The molecule has 3 rings (SSSR count). The topological polar surface area (TPSA) is 69.9 Å². The van der Waals surface area contributed by atoms with Gasteiger partial charge in [-0.05, 0) is 49.2 Å². The Labute approximate surface area is 155 Å². The number of halogens is 1. The summed E-state index contributed by atoms with van der Waals surface area (Å²) in [5.74, 6) is 0.00838. The molecule has 0 spiro atoms. The molecule has 0 fully saturated rings. The molecule has 0 amide bonds. The van der Waals surface area contributed by atoms with E-state index in [2.05, 4.69) is 4.98 Å². The minimum absolute atomic E-state index is 0.0958. The average molecular weight is 373 g/mol. The number of benzene rings is 1. The van der Waals surface area contributed by atoms with Crippen molar-refractivity contribution in [2.24, 2.45) is 0 Å². The van der Waals surface area contributed by atoms with Gasteiger partial charge in [-0.3, -0.25) is 9.20 Å². The summed E-state index contributed by atoms with van der Waals surface area (Å²) in [4.78, 5) is 28.3. The molecule has 0 bridgehead atoms. The zero-order valence-electron chi connectivity index (χ0n) is 14.4. The van der Waals surface area contributed by atoms with Gasteiger partial charge in [0.05, 0.1) is 5.69 Å². The molecule has 2 heterocycles. The highest BCUT2D eigenvalue weighted by Crippen LogP contribution is 2.21. The number of hydrogen-bond donors (Lipinski definition) is 0. The van der Waals surface area contributed by atoms with Crippen molar-refractivity contribution in [3.63, 3.8) is 0 Å². The standard InChI is InChI=1S/C19H17ClN2O4/c1-12-3-6-17-21-15(8-18(23)22(17)9-12)10-26-19(24)11-25-16-5-4-14(20)7-13(16)2/h3-9H,10-11H2,1-2H3. The molecule has 0 N–H and O–H groups in total. The van der Waals surface area contributed by atoms with E-state index in [0.717, 1.165) is 11.1 Å². The van der Waals surface area contributed by atoms with E-state index in [1.54, 1.807) is 30.5 Å². The third-order valence-electron chi connectivity index (χ3n) is 3.72. The first kappa shape index (κ1) is 17.9. The number of carbonyl (C=O) groups excluding carboxylic acids is 1. The molecule has 0 aliphatic heterocycles. The van der Waals surface area contributed by atoms with Gasteiger partial charge in [-0.2, -0.15) is 0 Å². The van der Waals surface area contributed by atoms with Gasteiger partial charge < -0.3 is 9.47 Å². The Morgan fingerprint density at radius 1 is 1.19 bits per heavy atom. The Kier molecular flexibility index (Phi) is 5.23. The zero-order valence-corrected chi connectivity index (χ0v) is 15.1. The molecular formula is C19H17ClN2O4. The second-order valence-electron chi connectivity index (χ2n) is 5.88. The molecule has 0 saturated heterocycles. The number of aromatic nitrogens is 2. The maximum Gasteiger partial charge on any atom is 0.344 e. The first-order valence-electron chi connectivity index (χ1n) is 7.96. The van der Waals surface area contributed by atoms with E-state index in [9.17, 15) is 9.59 Å². The van der Waals surface area contributed by atoms with Crippen molar-refractivity contribution in [2.75, 3.05) is 6.61 Å². The average Bonchev–Trinajstić information content (AvgIpc) is 2.60. The van der Waals surface area contributed by atoms with Gasteiger partial charge in [-0.25, -0.2) is 9.78 Å². The third kappa shape index (κ3) is 4.21. The molecule has 26 heavy (non-hydrogen) atoms. The highest BCUT2D eigenvalue weighted by atomic mass is 35.5. The summed E-state index contributed by atoms with van der Waals surface area (Å²) in [6.07, 6.45) is 1.71. The van der Waals surface area contributed by atoms with Gasteiger partial charge in [-0.15, -0.1) is 0 Å². The second-order valence-corrected chi connectivity index (χ2v) is 6.32. The number of hydrogen-bond acceptors (Lipinski definition) is 5. The summed E-state index contributed by atoms with van der Waals surface area (Å²) >= 11 is 5.88. The summed E-state index contributed by atoms with van der Waals surface area (Å²) in [5, 5.41) is 0.598. The van der Waals surface area contributed by atoms with Crippen molar-refractivity contribution >= 4 is 23.2 Å². The lowest BCUT2D eigenvalue weighted by Crippen LogP contribution is -2.19. The molecule has 7 heteroatoms. The van der Waals surface area contributed by atoms with Crippen LogP contribution in [0.3, 0.4) is 0 Å². The number of carbonyl (C=O) groups is 1. The normalized spacial score (nSPS) is 10.7. The maximum atomic E-state index is 12.1. The van der Waals surface area contributed by atoms with Crippen LogP contribution in [0.5, 0.6) is 5.75 Å². The van der Waals surface area contributed by atoms with Crippen LogP contribution in [-0.2, 0) is 16.1 Å². The molecule has 0 radical (unpaired) electrons. The van der Waals surface area contributed by atoms with Crippen LogP contribution in [0.1, 0.15) is 16.8 Å². The summed E-state index contributed by atoms with van der Waals surface area (Å²) in [6, 6.07) is 10.1. The van der Waals surface area contributed by atoms with Gasteiger partial charge in [0, 0.05) is 17.3 Å². The van der Waals surface area contributed by atoms with Crippen molar-refractivity contribution in [2.45, 2.75) is 20.5 Å². The van der Waals surface area contributed by atoms with Crippen LogP contribution in [0, 0.1) is 13.8 Å². The predicted molar refractivity (Wildman–Crippen MR) is 97.7 cm³/mol. The first-order valence-corrected chi connectivity index (χ1v) is 8.34. The van der Waals surface area contributed by atoms with Crippen molar-refractivity contribution in [1.82, 2.24) is 9.38 Å². The number of aryl methyl sites for hydroxylation is 2. The third-order valence-corrected chi connectivity index (χ3v) is 3.96. The predicted octanol–water partition coefficient (Wildman–Crippen LogP) is 3.09. The second kappa shape index (κ2) is 7.58. The van der Waals surface area contributed by atoms with E-state index in [0.29, 0.717) is 22.1 Å². The zero-order chi connectivity index (χ0) is 18.7. The van der Waals surface area contributed by atoms with Gasteiger partial charge in [0.2, 0.25) is 0 Å². The van der Waals surface area contributed by atoms with E-state index in [1.807, 2.05) is 19.9 Å². The largest absolute Gasteiger partial charge is 0.482 e. The van der Waals surface area contributed by atoms with Crippen molar-refractivity contribution in [3.05, 3.63) is 74.8 Å². The monoisotopic (exact) mass is 372 g/mol. The molecule has 0 aliphatic rings. The van der Waals surface area contributed by atoms with Crippen LogP contribution < -0.4 is 10.3 Å². The van der Waals surface area contributed by atoms with Gasteiger partial charge in [0.1, 0.15) is 18.0 Å². The Hall–Kier alpha value is -2.86. The summed E-state index contributed by atoms with van der Waals surface area (Å²) in [6.45, 7) is 3.39. The van der Waals surface area contributed by atoms with Crippen LogP contribution in [0.25, 0.3) is 5.65 Å². The number of pyridine rings is 1. The molecule has 6 nitrogen and oxygen atoms in total. The number of nitrogens with zero attached hydrogens (tertiary/aromatic N) is 2. The quantitative estimate of drug-likeness (QED) is 0.644. The SMILES string of the molecule is Cc1ccc2nc(COC(=O)COc3ccc(Cl)cc3C)cc(=O)n2c1. The first-order chi connectivity index (χ1) is 12.4. The van der Waals surface area contributed by atoms with E-state index >= 15 is 0 Å². The molecule has 134 valence electrons. The van der Waals surface area contributed by atoms with Crippen molar-refractivity contribution in [1.29, 1.82) is 0 Å². The Morgan fingerprint density at radius 2 is 2.00 bits per heavy atom. The Bertz CT molecular complexity index is 1030. The number of esters is 1.